The van der Waals surface area contributed by atoms with Crippen molar-refractivity contribution in [1.29, 1.82) is 0 Å². The van der Waals surface area contributed by atoms with Crippen LogP contribution in [-0.2, 0) is 20.7 Å². The predicted molar refractivity (Wildman–Crippen MR) is 198 cm³/mol. The molecular formula is C40H41BrO12. The van der Waals surface area contributed by atoms with E-state index in [9.17, 15) is 34.2 Å². The highest BCUT2D eigenvalue weighted by molar-refractivity contribution is 9.10. The van der Waals surface area contributed by atoms with Crippen molar-refractivity contribution in [3.05, 3.63) is 95.2 Å². The van der Waals surface area contributed by atoms with Gasteiger partial charge in [-0.15, -0.1) is 0 Å². The van der Waals surface area contributed by atoms with Crippen molar-refractivity contribution in [2.45, 2.75) is 68.7 Å². The molecule has 1 atom stereocenters. The van der Waals surface area contributed by atoms with Crippen LogP contribution in [0, 0.1) is 54.4 Å². The van der Waals surface area contributed by atoms with Crippen LogP contribution in [0.4, 0.5) is 0 Å². The van der Waals surface area contributed by atoms with Crippen LogP contribution in [0.3, 0.4) is 0 Å². The number of allylic oxidation sites excluding steroid dienone is 2. The van der Waals surface area contributed by atoms with E-state index in [0.717, 1.165) is 0 Å². The molecule has 1 unspecified atom stereocenters. The first-order valence-corrected chi connectivity index (χ1v) is 17.3. The number of phenols is 1. The van der Waals surface area contributed by atoms with E-state index >= 15 is 0 Å². The van der Waals surface area contributed by atoms with Gasteiger partial charge in [-0.3, -0.25) is 9.59 Å². The number of rotatable bonds is 10. The van der Waals surface area contributed by atoms with Gasteiger partial charge in [-0.1, -0.05) is 6.92 Å². The fourth-order valence-electron chi connectivity index (χ4n) is 6.43. The maximum Gasteiger partial charge on any atom is 0.347 e. The first kappa shape index (κ1) is 40.3. The van der Waals surface area contributed by atoms with Gasteiger partial charge in [0.15, 0.2) is 11.5 Å². The Morgan fingerprint density at radius 3 is 1.85 bits per heavy atom. The number of aromatic hydroxyl groups is 1. The number of phenolic OH excluding ortho intramolecular Hbond substituents is 1. The Balaban J connectivity index is 1.67. The summed E-state index contributed by atoms with van der Waals surface area (Å²) in [5, 5.41) is 21.1. The molecule has 3 aromatic rings. The third kappa shape index (κ3) is 7.30. The Bertz CT molecular complexity index is 2140. The number of carboxylic acids is 1. The molecule has 0 aliphatic heterocycles. The molecule has 13 heteroatoms. The third-order valence-corrected chi connectivity index (χ3v) is 10.4. The minimum atomic E-state index is -1.16. The van der Waals surface area contributed by atoms with Gasteiger partial charge in [-0.05, 0) is 134 Å². The summed E-state index contributed by atoms with van der Waals surface area (Å²) in [5.74, 6) is -4.82. The molecule has 0 fully saturated rings. The molecule has 3 aromatic carbocycles. The summed E-state index contributed by atoms with van der Waals surface area (Å²) in [4.78, 5) is 64.8. The summed E-state index contributed by atoms with van der Waals surface area (Å²) in [6.45, 7) is 14.9. The molecule has 53 heavy (non-hydrogen) atoms. The Labute approximate surface area is 315 Å². The smallest absolute Gasteiger partial charge is 0.347 e. The fraction of sp³-hybridized carbons (Fsp3) is 0.325. The second-order valence-corrected chi connectivity index (χ2v) is 13.5. The van der Waals surface area contributed by atoms with E-state index in [1.165, 1.54) is 32.4 Å². The standard InChI is InChI=1S/C40H41BrO12/c1-12-25-34(22(8)21(7)31(37(44)45)36(25)50-11)52-38(46)28-17(3)14-26(18(4)19(28)5)51-40(48)30-20(6)23(9)35(32(41)33(30)43)53-39(47)29-16(2)13-24(42)15-27(29)49-10/h13-15,29,43H,12H2,1-11H3,(H,44,45). The van der Waals surface area contributed by atoms with Gasteiger partial charge in [0.1, 0.15) is 50.3 Å². The zero-order chi connectivity index (χ0) is 39.8. The van der Waals surface area contributed by atoms with Crippen molar-refractivity contribution in [2.24, 2.45) is 5.92 Å². The van der Waals surface area contributed by atoms with Gasteiger partial charge in [-0.25, -0.2) is 14.4 Å². The number of aromatic carboxylic acids is 1. The highest BCUT2D eigenvalue weighted by atomic mass is 79.9. The minimum absolute atomic E-state index is 0.000961. The number of halogens is 1. The van der Waals surface area contributed by atoms with E-state index in [1.54, 1.807) is 62.3 Å². The van der Waals surface area contributed by atoms with Crippen LogP contribution in [0.1, 0.15) is 89.4 Å². The Hall–Kier alpha value is -5.43. The van der Waals surface area contributed by atoms with Crippen molar-refractivity contribution < 1.29 is 57.9 Å². The van der Waals surface area contributed by atoms with Crippen molar-refractivity contribution in [2.75, 3.05) is 14.2 Å². The minimum Gasteiger partial charge on any atom is -0.506 e. The molecule has 0 aromatic heterocycles. The monoisotopic (exact) mass is 792 g/mol. The number of hydrogen-bond acceptors (Lipinski definition) is 11. The number of carbonyl (C=O) groups excluding carboxylic acids is 4. The van der Waals surface area contributed by atoms with Crippen LogP contribution in [0.2, 0.25) is 0 Å². The molecule has 0 saturated carbocycles. The molecule has 0 spiro atoms. The lowest BCUT2D eigenvalue weighted by atomic mass is 9.92. The van der Waals surface area contributed by atoms with E-state index < -0.39 is 35.5 Å². The highest BCUT2D eigenvalue weighted by Crippen LogP contribution is 2.44. The quantitative estimate of drug-likeness (QED) is 0.152. The van der Waals surface area contributed by atoms with Gasteiger partial charge in [-0.2, -0.15) is 0 Å². The number of ketones is 1. The van der Waals surface area contributed by atoms with E-state index in [1.807, 2.05) is 0 Å². The Kier molecular flexibility index (Phi) is 11.9. The molecule has 4 rings (SSSR count). The lowest BCUT2D eigenvalue weighted by Crippen LogP contribution is -2.28. The second kappa shape index (κ2) is 15.7. The summed E-state index contributed by atoms with van der Waals surface area (Å²) < 4.78 is 28.1. The zero-order valence-corrected chi connectivity index (χ0v) is 33.0. The number of esters is 3. The molecule has 1 aliphatic rings. The summed E-state index contributed by atoms with van der Waals surface area (Å²) in [6.07, 6.45) is 2.84. The first-order chi connectivity index (χ1) is 24.8. The largest absolute Gasteiger partial charge is 0.506 e. The SMILES string of the molecule is CCc1c(OC(=O)c2c(C)cc(OC(=O)c3c(C)c(C)c(OC(=O)C4C(C)=CC(=O)C=C4OC)c(Br)c3O)c(C)c2C)c(C)c(C)c(C(=O)O)c1OC. The molecular weight excluding hydrogens is 752 g/mol. The van der Waals surface area contributed by atoms with Gasteiger partial charge in [0.2, 0.25) is 0 Å². The van der Waals surface area contributed by atoms with Crippen LogP contribution in [0.25, 0.3) is 0 Å². The molecule has 0 radical (unpaired) electrons. The molecule has 0 saturated heterocycles. The molecule has 2 N–H and O–H groups in total. The maximum atomic E-state index is 13.8. The van der Waals surface area contributed by atoms with Crippen LogP contribution in [0.5, 0.6) is 28.7 Å². The van der Waals surface area contributed by atoms with Crippen molar-refractivity contribution in [1.82, 2.24) is 0 Å². The number of benzene rings is 3. The van der Waals surface area contributed by atoms with Gasteiger partial charge >= 0.3 is 23.9 Å². The van der Waals surface area contributed by atoms with Crippen LogP contribution in [-0.4, -0.2) is 54.1 Å². The third-order valence-electron chi connectivity index (χ3n) is 9.67. The van der Waals surface area contributed by atoms with Gasteiger partial charge in [0.25, 0.3) is 0 Å². The van der Waals surface area contributed by atoms with Crippen molar-refractivity contribution in [3.8, 4) is 28.7 Å². The van der Waals surface area contributed by atoms with Crippen LogP contribution >= 0.6 is 15.9 Å². The molecule has 280 valence electrons. The highest BCUT2D eigenvalue weighted by Gasteiger charge is 2.34. The average Bonchev–Trinajstić information content (AvgIpc) is 3.09. The van der Waals surface area contributed by atoms with E-state index in [-0.39, 0.29) is 61.3 Å². The van der Waals surface area contributed by atoms with Gasteiger partial charge in [0, 0.05) is 11.6 Å². The number of hydrogen-bond donors (Lipinski definition) is 2. The van der Waals surface area contributed by atoms with Crippen LogP contribution in [0.15, 0.2) is 34.0 Å². The van der Waals surface area contributed by atoms with E-state index in [4.69, 9.17) is 23.7 Å². The first-order valence-electron chi connectivity index (χ1n) is 16.5. The molecule has 0 bridgehead atoms. The number of ether oxygens (including phenoxy) is 5. The molecule has 0 heterocycles. The zero-order valence-electron chi connectivity index (χ0n) is 31.4. The maximum absolute atomic E-state index is 13.8. The second-order valence-electron chi connectivity index (χ2n) is 12.7. The normalized spacial score (nSPS) is 13.9. The Morgan fingerprint density at radius 2 is 1.28 bits per heavy atom. The van der Waals surface area contributed by atoms with Crippen LogP contribution < -0.4 is 18.9 Å². The summed E-state index contributed by atoms with van der Waals surface area (Å²) >= 11 is 3.27. The molecule has 12 nitrogen and oxygen atoms in total. The molecule has 1 aliphatic carbocycles. The van der Waals surface area contributed by atoms with Gasteiger partial charge < -0.3 is 33.9 Å². The number of carboxylic acid groups (broad SMARTS) is 1. The van der Waals surface area contributed by atoms with Crippen molar-refractivity contribution in [3.63, 3.8) is 0 Å². The van der Waals surface area contributed by atoms with E-state index in [2.05, 4.69) is 15.9 Å². The number of aryl methyl sites for hydroxylation is 1. The predicted octanol–water partition coefficient (Wildman–Crippen LogP) is 7.60. The topological polar surface area (TPSA) is 172 Å². The van der Waals surface area contributed by atoms with Gasteiger partial charge in [0.05, 0.1) is 19.8 Å². The summed E-state index contributed by atoms with van der Waals surface area (Å²) in [6, 6.07) is 1.51. The number of carbonyl (C=O) groups is 5. The average molecular weight is 794 g/mol. The number of methoxy groups -OCH3 is 2. The lowest BCUT2D eigenvalue weighted by molar-refractivity contribution is -0.137. The molecule has 0 amide bonds. The van der Waals surface area contributed by atoms with Crippen molar-refractivity contribution >= 4 is 45.6 Å². The fourth-order valence-corrected chi connectivity index (χ4v) is 7.01. The summed E-state index contributed by atoms with van der Waals surface area (Å²) in [5.41, 5.74) is 3.78. The lowest BCUT2D eigenvalue weighted by Gasteiger charge is -2.23. The summed E-state index contributed by atoms with van der Waals surface area (Å²) in [7, 11) is 2.70. The Morgan fingerprint density at radius 1 is 0.717 bits per heavy atom. The van der Waals surface area contributed by atoms with E-state index in [0.29, 0.717) is 50.9 Å².